The molecule has 1 heterocycles. The van der Waals surface area contributed by atoms with E-state index in [4.69, 9.17) is 4.98 Å². The second kappa shape index (κ2) is 19.3. The molecule has 1 aliphatic carbocycles. The molecule has 0 saturated carbocycles. The van der Waals surface area contributed by atoms with Crippen molar-refractivity contribution in [1.29, 1.82) is 0 Å². The van der Waals surface area contributed by atoms with Crippen molar-refractivity contribution in [2.45, 2.75) is 83.5 Å². The minimum absolute atomic E-state index is 0.00282. The Bertz CT molecular complexity index is 3660. The molecule has 0 unspecified atom stereocenters. The molecule has 0 bridgehead atoms. The molecule has 12 rings (SSSR count). The Kier molecular flexibility index (Phi) is 12.1. The molecule has 0 N–H and O–H groups in total. The Morgan fingerprint density at radius 2 is 0.845 bits per heavy atom. The quantitative estimate of drug-likeness (QED) is 0.0738. The van der Waals surface area contributed by atoms with Crippen LogP contribution in [0.1, 0.15) is 89.2 Å². The fourth-order valence-electron chi connectivity index (χ4n) is 12.4. The van der Waals surface area contributed by atoms with Gasteiger partial charge in [-0.05, 0) is 125 Å². The highest BCUT2D eigenvalue weighted by atomic mass is 14.7. The first-order chi connectivity index (χ1) is 35.1. The maximum atomic E-state index is 5.72. The third-order valence-electron chi connectivity index (χ3n) is 15.9. The second-order valence-electron chi connectivity index (χ2n) is 20.1. The minimum atomic E-state index is 0.00282. The van der Waals surface area contributed by atoms with E-state index in [9.17, 15) is 0 Å². The number of fused-ring (bicyclic) bond motifs is 7. The first-order valence-electron chi connectivity index (χ1n) is 26.4. The highest BCUT2D eigenvalue weighted by Crippen LogP contribution is 2.55. The second-order valence-corrected chi connectivity index (χ2v) is 20.1. The van der Waals surface area contributed by atoms with Crippen molar-refractivity contribution >= 4 is 43.2 Å². The van der Waals surface area contributed by atoms with E-state index in [-0.39, 0.29) is 5.41 Å². The summed E-state index contributed by atoms with van der Waals surface area (Å²) in [6, 6.07) is 79.5. The van der Waals surface area contributed by atoms with Gasteiger partial charge in [0.05, 0.1) is 11.2 Å². The molecule has 0 radical (unpaired) electrons. The minimum Gasteiger partial charge on any atom is -0.247 e. The van der Waals surface area contributed by atoms with E-state index in [1.165, 1.54) is 158 Å². The highest BCUT2D eigenvalue weighted by molar-refractivity contribution is 6.22. The molecular formula is C70H61N. The van der Waals surface area contributed by atoms with Gasteiger partial charge in [0.1, 0.15) is 0 Å². The van der Waals surface area contributed by atoms with Crippen LogP contribution in [0.5, 0.6) is 0 Å². The van der Waals surface area contributed by atoms with Gasteiger partial charge in [0.15, 0.2) is 0 Å². The average Bonchev–Trinajstić information content (AvgIpc) is 3.70. The first-order valence-corrected chi connectivity index (χ1v) is 26.4. The third-order valence-corrected chi connectivity index (χ3v) is 15.9. The van der Waals surface area contributed by atoms with Crippen LogP contribution in [0.2, 0.25) is 0 Å². The van der Waals surface area contributed by atoms with Crippen LogP contribution in [-0.4, -0.2) is 4.98 Å². The van der Waals surface area contributed by atoms with Gasteiger partial charge in [-0.1, -0.05) is 259 Å². The van der Waals surface area contributed by atoms with Crippen molar-refractivity contribution in [3.05, 3.63) is 223 Å². The van der Waals surface area contributed by atoms with Crippen LogP contribution in [0, 0.1) is 0 Å². The molecule has 1 heteroatoms. The molecule has 0 atom stereocenters. The summed E-state index contributed by atoms with van der Waals surface area (Å²) >= 11 is 0. The summed E-state index contributed by atoms with van der Waals surface area (Å²) in [6.45, 7) is 4.65. The van der Waals surface area contributed by atoms with Gasteiger partial charge in [0.25, 0.3) is 0 Å². The summed E-state index contributed by atoms with van der Waals surface area (Å²) in [6.07, 6.45) is 12.5. The smallest absolute Gasteiger partial charge is 0.0794 e. The summed E-state index contributed by atoms with van der Waals surface area (Å²) < 4.78 is 0. The van der Waals surface area contributed by atoms with Gasteiger partial charge >= 0.3 is 0 Å². The van der Waals surface area contributed by atoms with Crippen LogP contribution in [0.15, 0.2) is 212 Å². The van der Waals surface area contributed by atoms with Crippen molar-refractivity contribution in [3.63, 3.8) is 0 Å². The predicted octanol–water partition coefficient (Wildman–Crippen LogP) is 20.2. The van der Waals surface area contributed by atoms with Gasteiger partial charge in [-0.2, -0.15) is 0 Å². The fraction of sp³-hybridized carbons (Fsp3) is 0.186. The van der Waals surface area contributed by atoms with E-state index in [0.717, 1.165) is 27.7 Å². The molecule has 0 aliphatic heterocycles. The van der Waals surface area contributed by atoms with Crippen molar-refractivity contribution in [2.24, 2.45) is 0 Å². The summed E-state index contributed by atoms with van der Waals surface area (Å²) in [5, 5.41) is 8.72. The molecule has 10 aromatic carbocycles. The molecule has 1 nitrogen and oxygen atoms in total. The molecule has 0 amide bonds. The lowest BCUT2D eigenvalue weighted by Crippen LogP contribution is -2.25. The molecule has 0 saturated heterocycles. The molecular weight excluding hydrogens is 855 g/mol. The molecule has 0 fully saturated rings. The number of hydrogen-bond donors (Lipinski definition) is 0. The van der Waals surface area contributed by atoms with Gasteiger partial charge in [0, 0.05) is 21.9 Å². The number of pyridine rings is 1. The van der Waals surface area contributed by atoms with E-state index in [1.807, 2.05) is 0 Å². The molecule has 1 aromatic heterocycles. The Balaban J connectivity index is 0.991. The Hall–Kier alpha value is -7.61. The first kappa shape index (κ1) is 44.6. The van der Waals surface area contributed by atoms with Crippen molar-refractivity contribution in [1.82, 2.24) is 4.98 Å². The van der Waals surface area contributed by atoms with Crippen LogP contribution in [0.25, 0.3) is 110 Å². The van der Waals surface area contributed by atoms with E-state index < -0.39 is 0 Å². The zero-order valence-electron chi connectivity index (χ0n) is 41.2. The number of rotatable bonds is 15. The summed E-state index contributed by atoms with van der Waals surface area (Å²) in [5.74, 6) is 0. The fourth-order valence-corrected chi connectivity index (χ4v) is 12.4. The molecule has 71 heavy (non-hydrogen) atoms. The van der Waals surface area contributed by atoms with Gasteiger partial charge in [-0.25, -0.2) is 4.98 Å². The molecule has 11 aromatic rings. The third kappa shape index (κ3) is 8.02. The Morgan fingerprint density at radius 3 is 1.54 bits per heavy atom. The van der Waals surface area contributed by atoms with Crippen molar-refractivity contribution in [3.8, 4) is 66.9 Å². The number of nitrogens with zero attached hydrogens (tertiary/aromatic N) is 1. The zero-order valence-corrected chi connectivity index (χ0v) is 41.2. The highest BCUT2D eigenvalue weighted by Gasteiger charge is 2.42. The lowest BCUT2D eigenvalue weighted by molar-refractivity contribution is 0.401. The van der Waals surface area contributed by atoms with Gasteiger partial charge in [0.2, 0.25) is 0 Å². The number of benzene rings is 10. The number of hydrogen-bond acceptors (Lipinski definition) is 1. The van der Waals surface area contributed by atoms with Crippen LogP contribution in [0.3, 0.4) is 0 Å². The summed E-state index contributed by atoms with van der Waals surface area (Å²) in [5.41, 5.74) is 18.8. The maximum Gasteiger partial charge on any atom is 0.0794 e. The van der Waals surface area contributed by atoms with Gasteiger partial charge in [-0.15, -0.1) is 0 Å². The normalized spacial score (nSPS) is 12.8. The largest absolute Gasteiger partial charge is 0.247 e. The Labute approximate surface area is 419 Å². The molecule has 0 spiro atoms. The molecule has 346 valence electrons. The lowest BCUT2D eigenvalue weighted by Gasteiger charge is -2.33. The SMILES string of the molecule is CCCCCCC1(CCCCCC)c2ccccc2-c2ccc(-c3cc(-c4ccccc4)c4cccc(-c5ccc(-c6c7ccccc7c(-c7ccc8ccccc8c7)c7ccccc67)cc5)c4n3)cc21. The monoisotopic (exact) mass is 915 g/mol. The van der Waals surface area contributed by atoms with Crippen molar-refractivity contribution in [2.75, 3.05) is 0 Å². The standard InChI is InChI=1S/C70H61N/c1-3-5-7-20-43-70(44-21-8-6-4-2)64-34-19-18-27-56(64)57-42-41-53(46-65(57)70)66-47-63(49-24-10-9-11-25-49)62-33-22-32-55(69(62)71-66)50-36-38-51(39-37-50)67-58-28-14-16-30-60(58)68(61-31-17-15-29-59(61)67)54-40-35-48-23-12-13-26-52(48)45-54/h9-19,22-42,45-47H,3-8,20-21,43-44H2,1-2H3. The van der Waals surface area contributed by atoms with Gasteiger partial charge < -0.3 is 0 Å². The molecule has 1 aliphatic rings. The summed E-state index contributed by atoms with van der Waals surface area (Å²) in [4.78, 5) is 5.72. The Morgan fingerprint density at radius 1 is 0.324 bits per heavy atom. The number of aromatic nitrogens is 1. The summed E-state index contributed by atoms with van der Waals surface area (Å²) in [7, 11) is 0. The average molecular weight is 916 g/mol. The maximum absolute atomic E-state index is 5.72. The van der Waals surface area contributed by atoms with Crippen LogP contribution >= 0.6 is 0 Å². The number of unbranched alkanes of at least 4 members (excludes halogenated alkanes) is 6. The predicted molar refractivity (Wildman–Crippen MR) is 305 cm³/mol. The van der Waals surface area contributed by atoms with Crippen LogP contribution < -0.4 is 0 Å². The van der Waals surface area contributed by atoms with Crippen LogP contribution in [-0.2, 0) is 5.41 Å². The van der Waals surface area contributed by atoms with Crippen LogP contribution in [0.4, 0.5) is 0 Å². The van der Waals surface area contributed by atoms with E-state index in [0.29, 0.717) is 0 Å². The van der Waals surface area contributed by atoms with E-state index in [2.05, 4.69) is 226 Å². The lowest BCUT2D eigenvalue weighted by atomic mass is 9.70. The zero-order chi connectivity index (χ0) is 47.7. The van der Waals surface area contributed by atoms with Gasteiger partial charge in [-0.3, -0.25) is 0 Å². The van der Waals surface area contributed by atoms with Crippen molar-refractivity contribution < 1.29 is 0 Å². The number of para-hydroxylation sites is 1. The topological polar surface area (TPSA) is 12.9 Å². The van der Waals surface area contributed by atoms with E-state index in [1.54, 1.807) is 0 Å². The van der Waals surface area contributed by atoms with E-state index >= 15 is 0 Å².